The molecule has 0 aliphatic heterocycles. The normalized spacial score (nSPS) is 24.6. The molecule has 2 rings (SSSR count). The zero-order chi connectivity index (χ0) is 13.0. The van der Waals surface area contributed by atoms with Gasteiger partial charge < -0.3 is 5.11 Å². The Morgan fingerprint density at radius 1 is 1.33 bits per heavy atom. The molecule has 1 aromatic rings. The summed E-state index contributed by atoms with van der Waals surface area (Å²) in [6, 6.07) is 8.73. The average Bonchev–Trinajstić information content (AvgIpc) is 2.39. The predicted octanol–water partition coefficient (Wildman–Crippen LogP) is 4.08. The molecule has 0 heterocycles. The Morgan fingerprint density at radius 2 is 2.11 bits per heavy atom. The fraction of sp³-hybridized carbons (Fsp3) is 0.647. The van der Waals surface area contributed by atoms with Gasteiger partial charge in [-0.3, -0.25) is 0 Å². The number of hydrogen-bond donors (Lipinski definition) is 1. The number of aliphatic hydroxyl groups is 1. The molecule has 2 unspecified atom stereocenters. The van der Waals surface area contributed by atoms with Gasteiger partial charge in [-0.15, -0.1) is 0 Å². The summed E-state index contributed by atoms with van der Waals surface area (Å²) in [4.78, 5) is 0. The van der Waals surface area contributed by atoms with Crippen LogP contribution in [0, 0.1) is 5.92 Å². The third kappa shape index (κ3) is 2.61. The number of aliphatic hydroxyl groups excluding tert-OH is 1. The molecule has 1 aromatic carbocycles. The van der Waals surface area contributed by atoms with Crippen LogP contribution in [0.3, 0.4) is 0 Å². The van der Waals surface area contributed by atoms with E-state index in [1.165, 1.54) is 36.8 Å². The van der Waals surface area contributed by atoms with E-state index in [1.54, 1.807) is 0 Å². The van der Waals surface area contributed by atoms with Crippen LogP contribution in [0.15, 0.2) is 24.3 Å². The lowest BCUT2D eigenvalue weighted by Gasteiger charge is -2.39. The first-order valence-corrected chi connectivity index (χ1v) is 7.41. The number of benzene rings is 1. The van der Waals surface area contributed by atoms with E-state index in [9.17, 15) is 5.11 Å². The minimum Gasteiger partial charge on any atom is -0.395 e. The van der Waals surface area contributed by atoms with E-state index in [0.717, 1.165) is 12.8 Å². The fourth-order valence-corrected chi connectivity index (χ4v) is 3.71. The Balaban J connectivity index is 2.27. The van der Waals surface area contributed by atoms with Crippen LogP contribution in [-0.4, -0.2) is 11.7 Å². The monoisotopic (exact) mass is 246 g/mol. The summed E-state index contributed by atoms with van der Waals surface area (Å²) in [5.74, 6) is 0.702. The van der Waals surface area contributed by atoms with Crippen molar-refractivity contribution < 1.29 is 5.11 Å². The van der Waals surface area contributed by atoms with Gasteiger partial charge in [-0.05, 0) is 42.7 Å². The van der Waals surface area contributed by atoms with Gasteiger partial charge in [-0.1, -0.05) is 51.0 Å². The van der Waals surface area contributed by atoms with E-state index in [-0.39, 0.29) is 5.41 Å². The second-order valence-electron chi connectivity index (χ2n) is 6.05. The molecule has 0 saturated heterocycles. The molecule has 0 spiro atoms. The maximum atomic E-state index is 10.0. The third-order valence-corrected chi connectivity index (χ3v) is 4.51. The Hall–Kier alpha value is -0.820. The van der Waals surface area contributed by atoms with Crippen LogP contribution in [-0.2, 0) is 11.8 Å². The lowest BCUT2D eigenvalue weighted by Crippen LogP contribution is -2.36. The summed E-state index contributed by atoms with van der Waals surface area (Å²) in [5, 5.41) is 10.0. The summed E-state index contributed by atoms with van der Waals surface area (Å²) < 4.78 is 0. The van der Waals surface area contributed by atoms with Crippen molar-refractivity contribution in [3.63, 3.8) is 0 Å². The molecular weight excluding hydrogens is 220 g/mol. The molecule has 0 saturated carbocycles. The molecule has 1 aliphatic carbocycles. The highest BCUT2D eigenvalue weighted by atomic mass is 16.3. The van der Waals surface area contributed by atoms with Crippen molar-refractivity contribution in [3.8, 4) is 0 Å². The second kappa shape index (κ2) is 5.88. The van der Waals surface area contributed by atoms with Crippen LogP contribution in [0.2, 0.25) is 0 Å². The second-order valence-corrected chi connectivity index (χ2v) is 6.05. The SMILES string of the molecule is CCCC(C)CC1(CO)CCCc2ccccc21. The van der Waals surface area contributed by atoms with Crippen LogP contribution >= 0.6 is 0 Å². The zero-order valence-corrected chi connectivity index (χ0v) is 11.8. The molecule has 18 heavy (non-hydrogen) atoms. The Kier molecular flexibility index (Phi) is 4.45. The zero-order valence-electron chi connectivity index (χ0n) is 11.8. The number of aryl methyl sites for hydroxylation is 1. The summed E-state index contributed by atoms with van der Waals surface area (Å²) in [6.45, 7) is 4.88. The predicted molar refractivity (Wildman–Crippen MR) is 76.8 cm³/mol. The summed E-state index contributed by atoms with van der Waals surface area (Å²) in [6.07, 6.45) is 7.19. The number of fused-ring (bicyclic) bond motifs is 1. The molecule has 1 heteroatoms. The topological polar surface area (TPSA) is 20.2 Å². The van der Waals surface area contributed by atoms with Gasteiger partial charge in [0.2, 0.25) is 0 Å². The highest BCUT2D eigenvalue weighted by Gasteiger charge is 2.36. The van der Waals surface area contributed by atoms with Gasteiger partial charge in [0.1, 0.15) is 0 Å². The lowest BCUT2D eigenvalue weighted by molar-refractivity contribution is 0.146. The van der Waals surface area contributed by atoms with Gasteiger partial charge in [0.05, 0.1) is 6.61 Å². The molecule has 1 nitrogen and oxygen atoms in total. The lowest BCUT2D eigenvalue weighted by atomic mass is 9.66. The van der Waals surface area contributed by atoms with E-state index in [1.807, 2.05) is 0 Å². The van der Waals surface area contributed by atoms with Crippen molar-refractivity contribution in [1.82, 2.24) is 0 Å². The molecule has 1 aliphatic rings. The quantitative estimate of drug-likeness (QED) is 0.830. The van der Waals surface area contributed by atoms with Crippen LogP contribution in [0.25, 0.3) is 0 Å². The highest BCUT2D eigenvalue weighted by molar-refractivity contribution is 5.37. The van der Waals surface area contributed by atoms with Gasteiger partial charge >= 0.3 is 0 Å². The van der Waals surface area contributed by atoms with Gasteiger partial charge in [0, 0.05) is 5.41 Å². The first-order chi connectivity index (χ1) is 8.72. The van der Waals surface area contributed by atoms with Gasteiger partial charge in [0.15, 0.2) is 0 Å². The minimum absolute atomic E-state index is 0.0312. The van der Waals surface area contributed by atoms with E-state index < -0.39 is 0 Å². The summed E-state index contributed by atoms with van der Waals surface area (Å²) in [5.41, 5.74) is 2.91. The van der Waals surface area contributed by atoms with Gasteiger partial charge in [-0.25, -0.2) is 0 Å². The Bertz CT molecular complexity index is 385. The molecule has 0 bridgehead atoms. The molecule has 0 amide bonds. The average molecular weight is 246 g/mol. The molecule has 1 N–H and O–H groups in total. The molecule has 100 valence electrons. The standard InChI is InChI=1S/C17H26O/c1-3-7-14(2)12-17(13-18)11-6-9-15-8-4-5-10-16(15)17/h4-5,8,10,14,18H,3,6-7,9,11-13H2,1-2H3. The highest BCUT2D eigenvalue weighted by Crippen LogP contribution is 2.42. The molecule has 0 radical (unpaired) electrons. The Labute approximate surface area is 111 Å². The van der Waals surface area contributed by atoms with E-state index in [2.05, 4.69) is 38.1 Å². The molecule has 0 aromatic heterocycles. The van der Waals surface area contributed by atoms with Crippen LogP contribution in [0.5, 0.6) is 0 Å². The van der Waals surface area contributed by atoms with E-state index in [0.29, 0.717) is 12.5 Å². The summed E-state index contributed by atoms with van der Waals surface area (Å²) in [7, 11) is 0. The van der Waals surface area contributed by atoms with Crippen LogP contribution < -0.4 is 0 Å². The van der Waals surface area contributed by atoms with Gasteiger partial charge in [0.25, 0.3) is 0 Å². The summed E-state index contributed by atoms with van der Waals surface area (Å²) >= 11 is 0. The molecule has 0 fully saturated rings. The largest absolute Gasteiger partial charge is 0.395 e. The number of hydrogen-bond acceptors (Lipinski definition) is 1. The Morgan fingerprint density at radius 3 is 2.83 bits per heavy atom. The van der Waals surface area contributed by atoms with Crippen molar-refractivity contribution in [1.29, 1.82) is 0 Å². The van der Waals surface area contributed by atoms with Gasteiger partial charge in [-0.2, -0.15) is 0 Å². The van der Waals surface area contributed by atoms with E-state index in [4.69, 9.17) is 0 Å². The third-order valence-electron chi connectivity index (χ3n) is 4.51. The maximum Gasteiger partial charge on any atom is 0.0528 e. The number of rotatable bonds is 5. The minimum atomic E-state index is 0.0312. The van der Waals surface area contributed by atoms with Crippen molar-refractivity contribution in [2.75, 3.05) is 6.61 Å². The van der Waals surface area contributed by atoms with E-state index >= 15 is 0 Å². The molecule has 2 atom stereocenters. The van der Waals surface area contributed by atoms with Crippen molar-refractivity contribution >= 4 is 0 Å². The van der Waals surface area contributed by atoms with Crippen LogP contribution in [0.4, 0.5) is 0 Å². The maximum absolute atomic E-state index is 10.0. The molecular formula is C17H26O. The van der Waals surface area contributed by atoms with Crippen molar-refractivity contribution in [2.24, 2.45) is 5.92 Å². The van der Waals surface area contributed by atoms with Crippen molar-refractivity contribution in [3.05, 3.63) is 35.4 Å². The fourth-order valence-electron chi connectivity index (χ4n) is 3.71. The first-order valence-electron chi connectivity index (χ1n) is 7.41. The van der Waals surface area contributed by atoms with Crippen LogP contribution in [0.1, 0.15) is 57.1 Å². The smallest absolute Gasteiger partial charge is 0.0528 e. The first kappa shape index (κ1) is 13.6. The van der Waals surface area contributed by atoms with Crippen molar-refractivity contribution in [2.45, 2.75) is 57.8 Å².